The number of nitrogens with zero attached hydrogens (tertiary/aromatic N) is 2. The number of carbonyl (C=O) groups is 2. The molecule has 2 bridgehead atoms. The summed E-state index contributed by atoms with van der Waals surface area (Å²) in [6.45, 7) is 4.51. The van der Waals surface area contributed by atoms with Crippen molar-refractivity contribution >= 4 is 11.8 Å². The highest BCUT2D eigenvalue weighted by atomic mass is 16.2. The van der Waals surface area contributed by atoms with Gasteiger partial charge >= 0.3 is 0 Å². The van der Waals surface area contributed by atoms with E-state index in [9.17, 15) is 19.2 Å². The van der Waals surface area contributed by atoms with E-state index < -0.39 is 0 Å². The number of piperidine rings is 1. The van der Waals surface area contributed by atoms with Crippen LogP contribution in [-0.2, 0) is 4.79 Å². The fourth-order valence-corrected chi connectivity index (χ4v) is 4.71. The number of rotatable bonds is 3. The van der Waals surface area contributed by atoms with E-state index in [-0.39, 0.29) is 40.8 Å². The van der Waals surface area contributed by atoms with Gasteiger partial charge in [-0.25, -0.2) is 0 Å². The molecule has 2 aromatic heterocycles. The summed E-state index contributed by atoms with van der Waals surface area (Å²) in [5.41, 5.74) is 1.51. The molecule has 0 aromatic carbocycles. The van der Waals surface area contributed by atoms with Crippen LogP contribution in [0.2, 0.25) is 0 Å². The van der Waals surface area contributed by atoms with E-state index >= 15 is 0 Å². The van der Waals surface area contributed by atoms with Crippen LogP contribution in [0, 0.1) is 12.8 Å². The van der Waals surface area contributed by atoms with Crippen molar-refractivity contribution in [3.8, 4) is 0 Å². The standard InChI is InChI=1S/C21H24N4O4/c1-12-6-14(8-19(27)23-12)21(29)24-10-15-7-16(11-24)18(9-22-13(2)26)25-17(15)4-3-5-20(25)28/h3-6,8,15-16,18H,7,9-11H2,1-2H3,(H,22,26)(H,23,27)/t15-,16+,18+/m1/s1. The van der Waals surface area contributed by atoms with Gasteiger partial charge in [-0.15, -0.1) is 0 Å². The summed E-state index contributed by atoms with van der Waals surface area (Å²) in [7, 11) is 0. The molecule has 8 nitrogen and oxygen atoms in total. The van der Waals surface area contributed by atoms with Crippen molar-refractivity contribution in [1.82, 2.24) is 19.8 Å². The van der Waals surface area contributed by atoms with Crippen LogP contribution in [0.15, 0.2) is 39.9 Å². The summed E-state index contributed by atoms with van der Waals surface area (Å²) in [4.78, 5) is 53.4. The first-order valence-electron chi connectivity index (χ1n) is 9.79. The molecule has 29 heavy (non-hydrogen) atoms. The number of H-pyrrole nitrogens is 1. The van der Waals surface area contributed by atoms with Gasteiger partial charge in [0.2, 0.25) is 11.5 Å². The molecule has 0 unspecified atom stereocenters. The zero-order chi connectivity index (χ0) is 20.7. The lowest BCUT2D eigenvalue weighted by Crippen LogP contribution is -2.53. The molecule has 0 saturated carbocycles. The summed E-state index contributed by atoms with van der Waals surface area (Å²) in [5.74, 6) is -0.247. The predicted molar refractivity (Wildman–Crippen MR) is 107 cm³/mol. The monoisotopic (exact) mass is 396 g/mol. The number of likely N-dealkylation sites (tertiary alicyclic amines) is 1. The van der Waals surface area contributed by atoms with Gasteiger partial charge in [-0.3, -0.25) is 19.2 Å². The van der Waals surface area contributed by atoms with Crippen molar-refractivity contribution in [1.29, 1.82) is 0 Å². The van der Waals surface area contributed by atoms with Crippen molar-refractivity contribution in [3.63, 3.8) is 0 Å². The van der Waals surface area contributed by atoms with Crippen LogP contribution in [0.4, 0.5) is 0 Å². The Labute approximate surface area is 167 Å². The molecule has 0 spiro atoms. The Balaban J connectivity index is 1.69. The Morgan fingerprint density at radius 3 is 2.72 bits per heavy atom. The third-order valence-corrected chi connectivity index (χ3v) is 5.87. The molecule has 8 heteroatoms. The SMILES string of the molecule is CC(=O)NC[C@H]1[C@H]2C[C@H](CN(C(=O)c3cc(C)[nH]c(=O)c3)C2)c2cccc(=O)n21. The topological polar surface area (TPSA) is 104 Å². The van der Waals surface area contributed by atoms with E-state index in [0.29, 0.717) is 30.9 Å². The van der Waals surface area contributed by atoms with E-state index in [1.54, 1.807) is 28.5 Å². The van der Waals surface area contributed by atoms with Gasteiger partial charge < -0.3 is 19.8 Å². The first kappa shape index (κ1) is 19.2. The molecule has 3 atom stereocenters. The van der Waals surface area contributed by atoms with Crippen molar-refractivity contribution < 1.29 is 9.59 Å². The van der Waals surface area contributed by atoms with Gasteiger partial charge in [0.1, 0.15) is 0 Å². The van der Waals surface area contributed by atoms with Gasteiger partial charge in [0.15, 0.2) is 0 Å². The van der Waals surface area contributed by atoms with E-state index in [4.69, 9.17) is 0 Å². The highest BCUT2D eigenvalue weighted by molar-refractivity contribution is 5.94. The molecule has 2 aromatic rings. The second-order valence-electron chi connectivity index (χ2n) is 7.98. The Hall–Kier alpha value is -3.16. The summed E-state index contributed by atoms with van der Waals surface area (Å²) in [6, 6.07) is 8.00. The average Bonchev–Trinajstić information content (AvgIpc) is 2.66. The fraction of sp³-hybridized carbons (Fsp3) is 0.429. The highest BCUT2D eigenvalue weighted by Crippen LogP contribution is 2.41. The molecule has 152 valence electrons. The second kappa shape index (κ2) is 7.35. The molecule has 2 N–H and O–H groups in total. The summed E-state index contributed by atoms with van der Waals surface area (Å²) < 4.78 is 1.79. The van der Waals surface area contributed by atoms with Crippen LogP contribution in [-0.4, -0.2) is 45.9 Å². The normalized spacial score (nSPS) is 22.7. The lowest BCUT2D eigenvalue weighted by atomic mass is 9.78. The number of amides is 2. The van der Waals surface area contributed by atoms with Crippen LogP contribution >= 0.6 is 0 Å². The molecule has 4 rings (SSSR count). The summed E-state index contributed by atoms with van der Waals surface area (Å²) in [5, 5.41) is 2.83. The molecule has 1 saturated heterocycles. The second-order valence-corrected chi connectivity index (χ2v) is 7.98. The Morgan fingerprint density at radius 2 is 2.00 bits per heavy atom. The van der Waals surface area contributed by atoms with Crippen LogP contribution in [0.25, 0.3) is 0 Å². The fourth-order valence-electron chi connectivity index (χ4n) is 4.71. The minimum Gasteiger partial charge on any atom is -0.354 e. The first-order valence-corrected chi connectivity index (χ1v) is 9.79. The summed E-state index contributed by atoms with van der Waals surface area (Å²) in [6.07, 6.45) is 0.853. The molecule has 2 aliphatic rings. The molecule has 1 fully saturated rings. The first-order chi connectivity index (χ1) is 13.8. The van der Waals surface area contributed by atoms with E-state index in [0.717, 1.165) is 12.1 Å². The van der Waals surface area contributed by atoms with Gasteiger partial charge in [-0.2, -0.15) is 0 Å². The van der Waals surface area contributed by atoms with Gasteiger partial charge in [0.05, 0.1) is 6.04 Å². The van der Waals surface area contributed by atoms with E-state index in [2.05, 4.69) is 10.3 Å². The lowest BCUT2D eigenvalue weighted by molar-refractivity contribution is -0.119. The smallest absolute Gasteiger partial charge is 0.254 e. The maximum atomic E-state index is 13.1. The number of nitrogens with one attached hydrogen (secondary N) is 2. The van der Waals surface area contributed by atoms with Crippen LogP contribution < -0.4 is 16.4 Å². The van der Waals surface area contributed by atoms with E-state index in [1.807, 2.05) is 6.07 Å². The van der Waals surface area contributed by atoms with Gasteiger partial charge in [0.25, 0.3) is 11.5 Å². The molecule has 4 heterocycles. The van der Waals surface area contributed by atoms with Crippen molar-refractivity contribution in [2.24, 2.45) is 5.92 Å². The zero-order valence-corrected chi connectivity index (χ0v) is 16.5. The lowest BCUT2D eigenvalue weighted by Gasteiger charge is -2.47. The number of aromatic nitrogens is 2. The Kier molecular flexibility index (Phi) is 4.86. The Bertz CT molecular complexity index is 1090. The van der Waals surface area contributed by atoms with Gasteiger partial charge in [-0.1, -0.05) is 6.07 Å². The number of pyridine rings is 2. The van der Waals surface area contributed by atoms with Crippen molar-refractivity contribution in [3.05, 3.63) is 68.0 Å². The maximum Gasteiger partial charge on any atom is 0.254 e. The number of hydrogen-bond acceptors (Lipinski definition) is 4. The van der Waals surface area contributed by atoms with Gasteiger partial charge in [0, 0.05) is 61.6 Å². The zero-order valence-electron chi connectivity index (χ0n) is 16.5. The summed E-state index contributed by atoms with van der Waals surface area (Å²) >= 11 is 0. The Morgan fingerprint density at radius 1 is 1.21 bits per heavy atom. The molecular formula is C21H24N4O4. The number of fused-ring (bicyclic) bond motifs is 4. The van der Waals surface area contributed by atoms with Crippen LogP contribution in [0.5, 0.6) is 0 Å². The molecule has 2 aliphatic heterocycles. The number of hydrogen-bond donors (Lipinski definition) is 2. The average molecular weight is 396 g/mol. The van der Waals surface area contributed by atoms with Crippen molar-refractivity contribution in [2.75, 3.05) is 19.6 Å². The van der Waals surface area contributed by atoms with Crippen molar-refractivity contribution in [2.45, 2.75) is 32.2 Å². The minimum atomic E-state index is -0.300. The number of carbonyl (C=O) groups excluding carboxylic acids is 2. The molecular weight excluding hydrogens is 372 g/mol. The minimum absolute atomic E-state index is 0.0419. The largest absolute Gasteiger partial charge is 0.354 e. The molecule has 0 aliphatic carbocycles. The third-order valence-electron chi connectivity index (χ3n) is 5.87. The molecule has 2 amide bonds. The molecule has 0 radical (unpaired) electrons. The van der Waals surface area contributed by atoms with Gasteiger partial charge in [-0.05, 0) is 31.4 Å². The van der Waals surface area contributed by atoms with Crippen LogP contribution in [0.1, 0.15) is 47.1 Å². The third kappa shape index (κ3) is 3.62. The maximum absolute atomic E-state index is 13.1. The quantitative estimate of drug-likeness (QED) is 0.800. The van der Waals surface area contributed by atoms with E-state index in [1.165, 1.54) is 19.1 Å². The predicted octanol–water partition coefficient (Wildman–Crippen LogP) is 0.782. The number of aromatic amines is 1. The highest BCUT2D eigenvalue weighted by Gasteiger charge is 2.41. The van der Waals surface area contributed by atoms with Crippen LogP contribution in [0.3, 0.4) is 0 Å². The number of aryl methyl sites for hydroxylation is 1.